The molecule has 0 unspecified atom stereocenters. The molecule has 12 nitrogen and oxygen atoms in total. The van der Waals surface area contributed by atoms with Crippen LogP contribution in [-0.4, -0.2) is 67.0 Å². The zero-order chi connectivity index (χ0) is 35.6. The van der Waals surface area contributed by atoms with E-state index in [9.17, 15) is 20.1 Å². The van der Waals surface area contributed by atoms with Gasteiger partial charge in [-0.3, -0.25) is 9.59 Å². The number of thiazole rings is 1. The summed E-state index contributed by atoms with van der Waals surface area (Å²) in [6.07, 6.45) is -0.129. The molecular formula is C34H36ClN6O6S2+. The van der Waals surface area contributed by atoms with Crippen LogP contribution in [0.15, 0.2) is 58.9 Å². The minimum absolute atomic E-state index is 0.000565. The van der Waals surface area contributed by atoms with Gasteiger partial charge in [-0.15, -0.1) is 11.3 Å². The number of ether oxygens (including phenoxy) is 3. The fourth-order valence-corrected chi connectivity index (χ4v) is 6.08. The summed E-state index contributed by atoms with van der Waals surface area (Å²) < 4.78 is 15.2. The maximum absolute atomic E-state index is 11.7. The molecule has 0 aliphatic rings. The van der Waals surface area contributed by atoms with Crippen LogP contribution in [0.3, 0.4) is 0 Å². The number of hydrogen-bond acceptors (Lipinski definition) is 13. The van der Waals surface area contributed by atoms with Crippen LogP contribution in [0.1, 0.15) is 36.6 Å². The molecule has 0 saturated carbocycles. The molecule has 49 heavy (non-hydrogen) atoms. The van der Waals surface area contributed by atoms with Gasteiger partial charge < -0.3 is 30.4 Å². The van der Waals surface area contributed by atoms with E-state index in [2.05, 4.69) is 39.1 Å². The Bertz CT molecular complexity index is 1770. The Morgan fingerprint density at radius 2 is 1.67 bits per heavy atom. The molecule has 5 N–H and O–H groups in total. The van der Waals surface area contributed by atoms with Crippen molar-refractivity contribution in [3.8, 4) is 39.6 Å². The molecule has 0 fully saturated rings. The summed E-state index contributed by atoms with van der Waals surface area (Å²) in [5.41, 5.74) is 9.23. The summed E-state index contributed by atoms with van der Waals surface area (Å²) in [4.78, 5) is 31.9. The number of nitrogens with zero attached hydrogens (tertiary/aromatic N) is 4. The molecule has 0 radical (unpaired) electrons. The lowest BCUT2D eigenvalue weighted by atomic mass is 9.97. The molecule has 0 bridgehead atoms. The lowest BCUT2D eigenvalue weighted by molar-refractivity contribution is -0.652. The maximum atomic E-state index is 11.7. The molecule has 4 aromatic rings. The van der Waals surface area contributed by atoms with Crippen LogP contribution >= 0.6 is 34.7 Å². The lowest BCUT2D eigenvalue weighted by Gasteiger charge is -2.13. The van der Waals surface area contributed by atoms with Crippen molar-refractivity contribution < 1.29 is 34.2 Å². The van der Waals surface area contributed by atoms with Crippen LogP contribution in [0.25, 0.3) is 21.7 Å². The van der Waals surface area contributed by atoms with Crippen LogP contribution in [0.4, 0.5) is 5.82 Å². The maximum Gasteiger partial charge on any atom is 0.306 e. The number of thioether (sulfide) groups is 1. The second kappa shape index (κ2) is 20.6. The standard InChI is InChI=1S/C30H24ClN5O5S2.C4H11NO/c1-39-25(37)10-11-26(38)41-13-12-40-22-8-4-18(5-9-22)27-23(14-32)28(34)36-30(24(27)15-33)43-17-21-16-42-29(35-21)19-2-6-20(31)7-3-19;1-2-5-3-4-6/h2-9,16H,10-13,17H2,1H3,(H2,34,36);5-6H,2-4H2,1H3/p+1. The number of halogens is 1. The first-order valence-corrected chi connectivity index (χ1v) is 17.3. The van der Waals surface area contributed by atoms with Gasteiger partial charge >= 0.3 is 11.9 Å². The highest BCUT2D eigenvalue weighted by Gasteiger charge is 2.21. The van der Waals surface area contributed by atoms with Crippen LogP contribution < -0.4 is 15.8 Å². The number of aliphatic hydroxyl groups excluding tert-OH is 1. The lowest BCUT2D eigenvalue weighted by Crippen LogP contribution is -2.84. The van der Waals surface area contributed by atoms with E-state index in [4.69, 9.17) is 31.9 Å². The molecular weight excluding hydrogens is 688 g/mol. The van der Waals surface area contributed by atoms with E-state index in [1.165, 1.54) is 30.2 Å². The van der Waals surface area contributed by atoms with Gasteiger partial charge in [-0.25, -0.2) is 9.97 Å². The summed E-state index contributed by atoms with van der Waals surface area (Å²) in [5.74, 6) is -0.0663. The monoisotopic (exact) mass is 723 g/mol. The Balaban J connectivity index is 0.000000992. The van der Waals surface area contributed by atoms with E-state index in [1.54, 1.807) is 24.3 Å². The van der Waals surface area contributed by atoms with Crippen molar-refractivity contribution in [2.24, 2.45) is 0 Å². The number of aliphatic hydroxyl groups is 1. The first-order chi connectivity index (χ1) is 23.7. The number of anilines is 1. The van der Waals surface area contributed by atoms with Crippen LogP contribution in [-0.2, 0) is 24.8 Å². The number of carbonyl (C=O) groups is 2. The first-order valence-electron chi connectivity index (χ1n) is 15.1. The Labute approximate surface area is 297 Å². The molecule has 15 heteroatoms. The van der Waals surface area contributed by atoms with Crippen molar-refractivity contribution >= 4 is 52.5 Å². The Morgan fingerprint density at radius 1 is 1.00 bits per heavy atom. The Hall–Kier alpha value is -4.70. The highest BCUT2D eigenvalue weighted by Crippen LogP contribution is 2.37. The number of methoxy groups -OCH3 is 1. The van der Waals surface area contributed by atoms with Crippen molar-refractivity contribution in [2.45, 2.75) is 30.5 Å². The minimum atomic E-state index is -0.530. The number of pyridine rings is 1. The number of nitriles is 2. The van der Waals surface area contributed by atoms with Gasteiger partial charge in [0, 0.05) is 27.3 Å². The largest absolute Gasteiger partial charge is 0.490 e. The first kappa shape index (κ1) is 38.7. The zero-order valence-electron chi connectivity index (χ0n) is 27.0. The molecule has 4 rings (SSSR count). The number of quaternary nitrogens is 1. The van der Waals surface area contributed by atoms with Gasteiger partial charge in [-0.2, -0.15) is 10.5 Å². The predicted octanol–water partition coefficient (Wildman–Crippen LogP) is 4.58. The number of hydrogen-bond donors (Lipinski definition) is 3. The van der Waals surface area contributed by atoms with Crippen molar-refractivity contribution in [3.05, 3.63) is 75.8 Å². The molecule has 2 aromatic heterocycles. The third kappa shape index (κ3) is 12.0. The third-order valence-corrected chi connectivity index (χ3v) is 8.76. The minimum Gasteiger partial charge on any atom is -0.490 e. The zero-order valence-corrected chi connectivity index (χ0v) is 29.4. The van der Waals surface area contributed by atoms with Gasteiger partial charge in [-0.1, -0.05) is 47.6 Å². The highest BCUT2D eigenvalue weighted by molar-refractivity contribution is 7.98. The normalized spacial score (nSPS) is 10.2. The quantitative estimate of drug-likeness (QED) is 0.0878. The highest BCUT2D eigenvalue weighted by atomic mass is 35.5. The van der Waals surface area contributed by atoms with Crippen molar-refractivity contribution in [2.75, 3.05) is 45.8 Å². The molecule has 0 aliphatic heterocycles. The molecule has 2 aromatic carbocycles. The SMILES string of the molecule is CC[NH2+]CCO.COC(=O)CCC(=O)OCCOc1ccc(-c2c(C#N)c(N)nc(SCc3csc(-c4ccc(Cl)cc4)n3)c2C#N)cc1. The van der Waals surface area contributed by atoms with E-state index in [0.29, 0.717) is 39.3 Å². The van der Waals surface area contributed by atoms with E-state index in [1.807, 2.05) is 29.6 Å². The number of likely N-dealkylation sites (N-methyl/N-ethyl adjacent to an activating group) is 1. The molecule has 256 valence electrons. The molecule has 0 atom stereocenters. The van der Waals surface area contributed by atoms with E-state index >= 15 is 0 Å². The van der Waals surface area contributed by atoms with Crippen molar-refractivity contribution in [3.63, 3.8) is 0 Å². The van der Waals surface area contributed by atoms with Gasteiger partial charge in [-0.05, 0) is 36.8 Å². The summed E-state index contributed by atoms with van der Waals surface area (Å²) >= 11 is 8.80. The summed E-state index contributed by atoms with van der Waals surface area (Å²) in [6, 6.07) is 18.5. The third-order valence-electron chi connectivity index (χ3n) is 6.56. The fourth-order valence-electron chi connectivity index (χ4n) is 4.14. The summed E-state index contributed by atoms with van der Waals surface area (Å²) in [6.45, 7) is 4.37. The Morgan fingerprint density at radius 3 is 2.29 bits per heavy atom. The van der Waals surface area contributed by atoms with Crippen LogP contribution in [0.5, 0.6) is 5.75 Å². The van der Waals surface area contributed by atoms with Gasteiger partial charge in [0.1, 0.15) is 52.5 Å². The number of nitrogen functional groups attached to an aromatic ring is 1. The summed E-state index contributed by atoms with van der Waals surface area (Å²) in [5, 5.41) is 34.0. The average molecular weight is 724 g/mol. The smallest absolute Gasteiger partial charge is 0.306 e. The van der Waals surface area contributed by atoms with Crippen molar-refractivity contribution in [1.82, 2.24) is 9.97 Å². The number of esters is 2. The molecule has 2 heterocycles. The average Bonchev–Trinajstić information content (AvgIpc) is 3.60. The number of rotatable bonds is 15. The van der Waals surface area contributed by atoms with Crippen LogP contribution in [0.2, 0.25) is 5.02 Å². The van der Waals surface area contributed by atoms with Gasteiger partial charge in [0.2, 0.25) is 0 Å². The summed E-state index contributed by atoms with van der Waals surface area (Å²) in [7, 11) is 1.25. The topological polar surface area (TPSA) is 198 Å². The van der Waals surface area contributed by atoms with Gasteiger partial charge in [0.05, 0.1) is 50.9 Å². The second-order valence-corrected chi connectivity index (χ2v) is 12.2. The predicted molar refractivity (Wildman–Crippen MR) is 188 cm³/mol. The number of carbonyl (C=O) groups excluding carboxylic acids is 2. The Kier molecular flexibility index (Phi) is 16.3. The van der Waals surface area contributed by atoms with Gasteiger partial charge in [0.25, 0.3) is 0 Å². The molecule has 0 saturated heterocycles. The van der Waals surface area contributed by atoms with E-state index in [-0.39, 0.29) is 43.0 Å². The molecule has 0 amide bonds. The van der Waals surface area contributed by atoms with E-state index in [0.717, 1.165) is 29.4 Å². The number of benzene rings is 2. The number of aromatic nitrogens is 2. The molecule has 0 spiro atoms. The number of nitrogens with two attached hydrogens (primary N) is 2. The van der Waals surface area contributed by atoms with Gasteiger partial charge in [0.15, 0.2) is 0 Å². The fraction of sp³-hybridized carbons (Fsp3) is 0.294. The molecule has 0 aliphatic carbocycles. The van der Waals surface area contributed by atoms with Crippen LogP contribution in [0, 0.1) is 22.7 Å². The second-order valence-electron chi connectivity index (χ2n) is 9.97. The van der Waals surface area contributed by atoms with E-state index < -0.39 is 11.9 Å². The van der Waals surface area contributed by atoms with Crippen molar-refractivity contribution in [1.29, 1.82) is 10.5 Å².